The molecule has 150 valence electrons. The summed E-state index contributed by atoms with van der Waals surface area (Å²) in [4.78, 5) is 36.6. The lowest BCUT2D eigenvalue weighted by atomic mass is 10.1. The molecule has 1 atom stereocenters. The van der Waals surface area contributed by atoms with Crippen molar-refractivity contribution in [3.63, 3.8) is 0 Å². The Morgan fingerprint density at radius 1 is 1.00 bits per heavy atom. The summed E-state index contributed by atoms with van der Waals surface area (Å²) in [6.07, 6.45) is -1.31. The maximum atomic E-state index is 13.7. The highest BCUT2D eigenvalue weighted by atomic mass is 19.1. The molecule has 0 saturated carbocycles. The maximum Gasteiger partial charge on any atom is 0.408 e. The molecule has 0 saturated heterocycles. The SMILES string of the molecule is CC(C)(C)OC(=O)N[C@@H](CC(=O)Nc1ccccc1F)C(=O)OC(C)(C)C. The van der Waals surface area contributed by atoms with Crippen molar-refractivity contribution >= 4 is 23.7 Å². The fraction of sp³-hybridized carbons (Fsp3) is 0.526. The van der Waals surface area contributed by atoms with Gasteiger partial charge >= 0.3 is 12.1 Å². The Kier molecular flexibility index (Phi) is 7.33. The first-order valence-corrected chi connectivity index (χ1v) is 8.53. The molecule has 0 bridgehead atoms. The Morgan fingerprint density at radius 3 is 2.07 bits per heavy atom. The van der Waals surface area contributed by atoms with Crippen molar-refractivity contribution < 1.29 is 28.2 Å². The number of rotatable bonds is 5. The van der Waals surface area contributed by atoms with Crippen molar-refractivity contribution in [1.29, 1.82) is 0 Å². The minimum atomic E-state index is -1.29. The molecule has 2 N–H and O–H groups in total. The van der Waals surface area contributed by atoms with Crippen LogP contribution in [0.2, 0.25) is 0 Å². The summed E-state index contributed by atoms with van der Waals surface area (Å²) in [5.74, 6) is -2.07. The third-order valence-electron chi connectivity index (χ3n) is 2.92. The predicted molar refractivity (Wildman–Crippen MR) is 98.6 cm³/mol. The van der Waals surface area contributed by atoms with Crippen LogP contribution in [0.25, 0.3) is 0 Å². The highest BCUT2D eigenvalue weighted by Gasteiger charge is 2.30. The minimum Gasteiger partial charge on any atom is -0.458 e. The number of carbonyl (C=O) groups is 3. The van der Waals surface area contributed by atoms with Gasteiger partial charge in [0, 0.05) is 0 Å². The standard InChI is InChI=1S/C19H27FN2O5/c1-18(2,3)26-16(24)14(22-17(25)27-19(4,5)6)11-15(23)21-13-10-8-7-9-12(13)20/h7-10,14H,11H2,1-6H3,(H,21,23)(H,22,25)/t14-/m0/s1. The summed E-state index contributed by atoms with van der Waals surface area (Å²) in [5, 5.41) is 4.70. The Balaban J connectivity index is 2.86. The van der Waals surface area contributed by atoms with Crippen LogP contribution < -0.4 is 10.6 Å². The lowest BCUT2D eigenvalue weighted by molar-refractivity contribution is -0.158. The van der Waals surface area contributed by atoms with Crippen molar-refractivity contribution in [3.8, 4) is 0 Å². The molecule has 0 unspecified atom stereocenters. The van der Waals surface area contributed by atoms with E-state index in [1.54, 1.807) is 47.6 Å². The van der Waals surface area contributed by atoms with Gasteiger partial charge in [0.25, 0.3) is 0 Å². The molecule has 2 amide bonds. The zero-order valence-electron chi connectivity index (χ0n) is 16.5. The number of anilines is 1. The summed E-state index contributed by atoms with van der Waals surface area (Å²) in [5.41, 5.74) is -1.62. The van der Waals surface area contributed by atoms with Gasteiger partial charge in [-0.1, -0.05) is 12.1 Å². The van der Waals surface area contributed by atoms with E-state index in [-0.39, 0.29) is 5.69 Å². The average Bonchev–Trinajstić information content (AvgIpc) is 2.45. The molecule has 0 aliphatic heterocycles. The molecule has 1 aromatic carbocycles. The van der Waals surface area contributed by atoms with E-state index in [0.29, 0.717) is 0 Å². The number of benzene rings is 1. The second-order valence-electron chi connectivity index (χ2n) is 7.96. The molecule has 7 nitrogen and oxygen atoms in total. The largest absolute Gasteiger partial charge is 0.458 e. The third-order valence-corrected chi connectivity index (χ3v) is 2.92. The van der Waals surface area contributed by atoms with Gasteiger partial charge in [-0.25, -0.2) is 14.0 Å². The van der Waals surface area contributed by atoms with Crippen LogP contribution in [0.15, 0.2) is 24.3 Å². The molecule has 27 heavy (non-hydrogen) atoms. The highest BCUT2D eigenvalue weighted by molar-refractivity contribution is 5.95. The second kappa shape index (κ2) is 8.83. The Labute approximate surface area is 158 Å². The van der Waals surface area contributed by atoms with Gasteiger partial charge in [-0.3, -0.25) is 4.79 Å². The Morgan fingerprint density at radius 2 is 1.56 bits per heavy atom. The number of halogens is 1. The molecular formula is C19H27FN2O5. The highest BCUT2D eigenvalue weighted by Crippen LogP contribution is 2.15. The van der Waals surface area contributed by atoms with Crippen molar-refractivity contribution in [1.82, 2.24) is 5.32 Å². The fourth-order valence-electron chi connectivity index (χ4n) is 1.97. The van der Waals surface area contributed by atoms with Gasteiger partial charge in [-0.15, -0.1) is 0 Å². The number of hydrogen-bond acceptors (Lipinski definition) is 5. The number of carbonyl (C=O) groups excluding carboxylic acids is 3. The quantitative estimate of drug-likeness (QED) is 0.762. The summed E-state index contributed by atoms with van der Waals surface area (Å²) in [6.45, 7) is 9.98. The van der Waals surface area contributed by atoms with E-state index < -0.39 is 47.5 Å². The fourth-order valence-corrected chi connectivity index (χ4v) is 1.97. The van der Waals surface area contributed by atoms with Crippen LogP contribution >= 0.6 is 0 Å². The van der Waals surface area contributed by atoms with Crippen LogP contribution in [-0.4, -0.2) is 35.2 Å². The van der Waals surface area contributed by atoms with Gasteiger partial charge in [0.1, 0.15) is 23.1 Å². The Hall–Kier alpha value is -2.64. The smallest absolute Gasteiger partial charge is 0.408 e. The monoisotopic (exact) mass is 382 g/mol. The van der Waals surface area contributed by atoms with Gasteiger partial charge in [0.05, 0.1) is 12.1 Å². The molecule has 0 aliphatic rings. The molecule has 0 aromatic heterocycles. The predicted octanol–water partition coefficient (Wildman–Crippen LogP) is 3.39. The summed E-state index contributed by atoms with van der Waals surface area (Å²) in [7, 11) is 0. The van der Waals surface area contributed by atoms with Gasteiger partial charge < -0.3 is 20.1 Å². The molecule has 0 fully saturated rings. The van der Waals surface area contributed by atoms with Gasteiger partial charge in [-0.05, 0) is 53.7 Å². The van der Waals surface area contributed by atoms with Gasteiger partial charge in [-0.2, -0.15) is 0 Å². The lowest BCUT2D eigenvalue weighted by Gasteiger charge is -2.26. The zero-order chi connectivity index (χ0) is 20.8. The van der Waals surface area contributed by atoms with Crippen LogP contribution in [-0.2, 0) is 19.1 Å². The van der Waals surface area contributed by atoms with E-state index in [4.69, 9.17) is 9.47 Å². The summed E-state index contributed by atoms with van der Waals surface area (Å²) < 4.78 is 24.0. The minimum absolute atomic E-state index is 0.0253. The normalized spacial score (nSPS) is 12.7. The van der Waals surface area contributed by atoms with Crippen LogP contribution in [0.5, 0.6) is 0 Å². The first kappa shape index (κ1) is 22.4. The molecule has 8 heteroatoms. The van der Waals surface area contributed by atoms with E-state index in [0.717, 1.165) is 0 Å². The van der Waals surface area contributed by atoms with Gasteiger partial charge in [0.15, 0.2) is 0 Å². The molecular weight excluding hydrogens is 355 g/mol. The first-order chi connectivity index (χ1) is 12.3. The van der Waals surface area contributed by atoms with E-state index >= 15 is 0 Å². The average molecular weight is 382 g/mol. The van der Waals surface area contributed by atoms with E-state index in [2.05, 4.69) is 10.6 Å². The lowest BCUT2D eigenvalue weighted by Crippen LogP contribution is -2.47. The zero-order valence-corrected chi connectivity index (χ0v) is 16.5. The maximum absolute atomic E-state index is 13.7. The Bertz CT molecular complexity index is 692. The van der Waals surface area contributed by atoms with Crippen molar-refractivity contribution in [3.05, 3.63) is 30.1 Å². The van der Waals surface area contributed by atoms with E-state index in [1.165, 1.54) is 18.2 Å². The van der Waals surface area contributed by atoms with Crippen LogP contribution in [0, 0.1) is 5.82 Å². The topological polar surface area (TPSA) is 93.7 Å². The van der Waals surface area contributed by atoms with Crippen molar-refractivity contribution in [2.24, 2.45) is 0 Å². The molecule has 0 radical (unpaired) electrons. The van der Waals surface area contributed by atoms with Gasteiger partial charge in [0.2, 0.25) is 5.91 Å². The molecule has 1 rings (SSSR count). The number of amides is 2. The van der Waals surface area contributed by atoms with Crippen LogP contribution in [0.3, 0.4) is 0 Å². The van der Waals surface area contributed by atoms with Crippen LogP contribution in [0.4, 0.5) is 14.9 Å². The second-order valence-corrected chi connectivity index (χ2v) is 7.96. The number of ether oxygens (including phenoxy) is 2. The van der Waals surface area contributed by atoms with Crippen molar-refractivity contribution in [2.45, 2.75) is 65.2 Å². The third kappa shape index (κ3) is 9.03. The van der Waals surface area contributed by atoms with Crippen LogP contribution in [0.1, 0.15) is 48.0 Å². The molecule has 0 spiro atoms. The van der Waals surface area contributed by atoms with E-state index in [9.17, 15) is 18.8 Å². The molecule has 1 aromatic rings. The number of nitrogens with one attached hydrogen (secondary N) is 2. The molecule has 0 heterocycles. The molecule has 0 aliphatic carbocycles. The number of esters is 1. The number of hydrogen-bond donors (Lipinski definition) is 2. The van der Waals surface area contributed by atoms with Crippen molar-refractivity contribution in [2.75, 3.05) is 5.32 Å². The number of para-hydroxylation sites is 1. The summed E-state index contributed by atoms with van der Waals surface area (Å²) >= 11 is 0. The first-order valence-electron chi connectivity index (χ1n) is 8.53. The summed E-state index contributed by atoms with van der Waals surface area (Å²) in [6, 6.07) is 4.34. The van der Waals surface area contributed by atoms with E-state index in [1.807, 2.05) is 0 Å². The number of alkyl carbamates (subject to hydrolysis) is 1.